The van der Waals surface area contributed by atoms with Gasteiger partial charge in [-0.1, -0.05) is 0 Å². The monoisotopic (exact) mass is 412 g/mol. The minimum Gasteiger partial charge on any atom is -0.381 e. The van der Waals surface area contributed by atoms with Crippen molar-refractivity contribution in [2.45, 2.75) is 38.6 Å². The Morgan fingerprint density at radius 1 is 1.04 bits per heavy atom. The summed E-state index contributed by atoms with van der Waals surface area (Å²) in [5, 5.41) is 0. The molecule has 2 aliphatic rings. The summed E-state index contributed by atoms with van der Waals surface area (Å²) in [6.07, 6.45) is 2.06. The number of rotatable bonds is 5. The number of nitrogens with zero attached hydrogens (tertiary/aromatic N) is 3. The first-order valence-electron chi connectivity index (χ1n) is 9.16. The molecule has 0 radical (unpaired) electrons. The highest BCUT2D eigenvalue weighted by molar-refractivity contribution is 5.86. The van der Waals surface area contributed by atoms with E-state index >= 15 is 0 Å². The molecule has 2 saturated heterocycles. The molecule has 0 unspecified atom stereocenters. The summed E-state index contributed by atoms with van der Waals surface area (Å²) in [4.78, 5) is 31.0. The second kappa shape index (κ2) is 12.0. The number of halogens is 2. The molecular formula is C17H34Cl2N4O3. The van der Waals surface area contributed by atoms with Gasteiger partial charge in [0.05, 0.1) is 12.1 Å². The van der Waals surface area contributed by atoms with Crippen LogP contribution in [0.5, 0.6) is 0 Å². The summed E-state index contributed by atoms with van der Waals surface area (Å²) in [6.45, 7) is 9.96. The second-order valence-electron chi connectivity index (χ2n) is 6.76. The third-order valence-electron chi connectivity index (χ3n) is 5.16. The van der Waals surface area contributed by atoms with Crippen molar-refractivity contribution in [2.75, 3.05) is 59.0 Å². The van der Waals surface area contributed by atoms with Gasteiger partial charge in [0.1, 0.15) is 0 Å². The van der Waals surface area contributed by atoms with E-state index in [1.54, 1.807) is 0 Å². The highest BCUT2D eigenvalue weighted by atomic mass is 35.5. The average molecular weight is 413 g/mol. The molecule has 0 aliphatic carbocycles. The third-order valence-corrected chi connectivity index (χ3v) is 5.16. The van der Waals surface area contributed by atoms with E-state index in [1.807, 2.05) is 23.6 Å². The molecule has 0 bridgehead atoms. The van der Waals surface area contributed by atoms with E-state index in [9.17, 15) is 9.59 Å². The number of likely N-dealkylation sites (N-methyl/N-ethyl adjacent to an activating group) is 1. The van der Waals surface area contributed by atoms with Gasteiger partial charge in [0, 0.05) is 52.5 Å². The van der Waals surface area contributed by atoms with Crippen molar-refractivity contribution < 1.29 is 14.3 Å². The van der Waals surface area contributed by atoms with Crippen LogP contribution in [0.3, 0.4) is 0 Å². The number of hydrogen-bond donors (Lipinski definition) is 1. The van der Waals surface area contributed by atoms with Crippen LogP contribution in [0.1, 0.15) is 33.1 Å². The van der Waals surface area contributed by atoms with Gasteiger partial charge in [-0.2, -0.15) is 0 Å². The van der Waals surface area contributed by atoms with E-state index in [0.29, 0.717) is 45.7 Å². The van der Waals surface area contributed by atoms with Gasteiger partial charge in [-0.25, -0.2) is 0 Å². The standard InChI is InChI=1S/C17H32N4O3.2ClH/c1-3-20(4-2)15(22)14-19-8-5-9-21(11-10-19)16(23)17(18)6-12-24-13-7-17;;/h3-14,18H2,1-2H3;2*1H. The number of amides is 2. The van der Waals surface area contributed by atoms with E-state index in [-0.39, 0.29) is 36.6 Å². The average Bonchev–Trinajstić information content (AvgIpc) is 2.81. The van der Waals surface area contributed by atoms with Crippen molar-refractivity contribution in [1.29, 1.82) is 0 Å². The summed E-state index contributed by atoms with van der Waals surface area (Å²) < 4.78 is 5.33. The van der Waals surface area contributed by atoms with Gasteiger partial charge in [0.25, 0.3) is 0 Å². The molecule has 0 aromatic heterocycles. The van der Waals surface area contributed by atoms with Crippen LogP contribution < -0.4 is 5.73 Å². The molecular weight excluding hydrogens is 379 g/mol. The molecule has 2 heterocycles. The smallest absolute Gasteiger partial charge is 0.242 e. The molecule has 0 spiro atoms. The lowest BCUT2D eigenvalue weighted by Crippen LogP contribution is -2.58. The van der Waals surface area contributed by atoms with Crippen molar-refractivity contribution in [3.8, 4) is 0 Å². The van der Waals surface area contributed by atoms with Gasteiger partial charge in [-0.15, -0.1) is 24.8 Å². The van der Waals surface area contributed by atoms with Crippen molar-refractivity contribution in [3.05, 3.63) is 0 Å². The number of carbonyl (C=O) groups is 2. The topological polar surface area (TPSA) is 79.1 Å². The summed E-state index contributed by atoms with van der Waals surface area (Å²) in [5.74, 6) is 0.210. The van der Waals surface area contributed by atoms with Crippen LogP contribution in [0, 0.1) is 0 Å². The van der Waals surface area contributed by atoms with Crippen molar-refractivity contribution in [2.24, 2.45) is 5.73 Å². The number of nitrogens with two attached hydrogens (primary N) is 1. The molecule has 0 aromatic rings. The molecule has 154 valence electrons. The fraction of sp³-hybridized carbons (Fsp3) is 0.882. The predicted octanol–water partition coefficient (Wildman–Crippen LogP) is 0.741. The molecule has 2 amide bonds. The van der Waals surface area contributed by atoms with E-state index in [0.717, 1.165) is 32.6 Å². The maximum Gasteiger partial charge on any atom is 0.242 e. The lowest BCUT2D eigenvalue weighted by molar-refractivity contribution is -0.140. The molecule has 2 aliphatic heterocycles. The predicted molar refractivity (Wildman–Crippen MR) is 107 cm³/mol. The minimum atomic E-state index is -0.773. The van der Waals surface area contributed by atoms with Crippen molar-refractivity contribution in [1.82, 2.24) is 14.7 Å². The minimum absolute atomic E-state index is 0. The number of carbonyl (C=O) groups excluding carboxylic acids is 2. The van der Waals surface area contributed by atoms with Gasteiger partial charge in [0.2, 0.25) is 11.8 Å². The lowest BCUT2D eigenvalue weighted by atomic mass is 9.89. The van der Waals surface area contributed by atoms with Gasteiger partial charge in [0.15, 0.2) is 0 Å². The van der Waals surface area contributed by atoms with Gasteiger partial charge < -0.3 is 20.3 Å². The normalized spacial score (nSPS) is 20.3. The van der Waals surface area contributed by atoms with Crippen LogP contribution in [-0.2, 0) is 14.3 Å². The van der Waals surface area contributed by atoms with Crippen molar-refractivity contribution >= 4 is 36.6 Å². The molecule has 0 atom stereocenters. The van der Waals surface area contributed by atoms with Gasteiger partial charge in [-0.3, -0.25) is 14.5 Å². The first-order valence-corrected chi connectivity index (χ1v) is 9.16. The van der Waals surface area contributed by atoms with Gasteiger partial charge >= 0.3 is 0 Å². The Kier molecular flexibility index (Phi) is 11.7. The maximum atomic E-state index is 12.8. The zero-order valence-electron chi connectivity index (χ0n) is 15.9. The summed E-state index contributed by atoms with van der Waals surface area (Å²) in [5.41, 5.74) is 5.56. The first kappa shape index (κ1) is 25.4. The summed E-state index contributed by atoms with van der Waals surface area (Å²) in [7, 11) is 0. The third kappa shape index (κ3) is 6.53. The fourth-order valence-electron chi connectivity index (χ4n) is 3.46. The van der Waals surface area contributed by atoms with Crippen LogP contribution in [0.4, 0.5) is 0 Å². The van der Waals surface area contributed by atoms with Crippen LogP contribution in [0.25, 0.3) is 0 Å². The van der Waals surface area contributed by atoms with E-state index < -0.39 is 5.54 Å². The molecule has 26 heavy (non-hydrogen) atoms. The van der Waals surface area contributed by atoms with E-state index in [4.69, 9.17) is 10.5 Å². The van der Waals surface area contributed by atoms with Crippen molar-refractivity contribution in [3.63, 3.8) is 0 Å². The summed E-state index contributed by atoms with van der Waals surface area (Å²) in [6, 6.07) is 0. The highest BCUT2D eigenvalue weighted by Crippen LogP contribution is 2.21. The molecule has 9 heteroatoms. The molecule has 0 saturated carbocycles. The SMILES string of the molecule is CCN(CC)C(=O)CN1CCCN(C(=O)C2(N)CCOCC2)CC1.Cl.Cl. The van der Waals surface area contributed by atoms with Crippen LogP contribution >= 0.6 is 24.8 Å². The maximum absolute atomic E-state index is 12.8. The fourth-order valence-corrected chi connectivity index (χ4v) is 3.46. The molecule has 7 nitrogen and oxygen atoms in total. The largest absolute Gasteiger partial charge is 0.381 e. The Balaban J connectivity index is 0.00000312. The Labute approximate surface area is 169 Å². The number of ether oxygens (including phenoxy) is 1. The molecule has 2 N–H and O–H groups in total. The summed E-state index contributed by atoms with van der Waals surface area (Å²) >= 11 is 0. The van der Waals surface area contributed by atoms with Crippen LogP contribution in [-0.4, -0.2) is 91.1 Å². The lowest BCUT2D eigenvalue weighted by Gasteiger charge is -2.36. The Morgan fingerprint density at radius 2 is 1.65 bits per heavy atom. The van der Waals surface area contributed by atoms with E-state index in [2.05, 4.69) is 4.90 Å². The van der Waals surface area contributed by atoms with E-state index in [1.165, 1.54) is 0 Å². The first-order chi connectivity index (χ1) is 11.5. The quantitative estimate of drug-likeness (QED) is 0.720. The van der Waals surface area contributed by atoms with Crippen LogP contribution in [0.15, 0.2) is 0 Å². The molecule has 2 fully saturated rings. The Morgan fingerprint density at radius 3 is 2.23 bits per heavy atom. The second-order valence-corrected chi connectivity index (χ2v) is 6.76. The number of hydrogen-bond acceptors (Lipinski definition) is 5. The zero-order chi connectivity index (χ0) is 17.6. The Bertz CT molecular complexity index is 444. The van der Waals surface area contributed by atoms with Crippen LogP contribution in [0.2, 0.25) is 0 Å². The highest BCUT2D eigenvalue weighted by Gasteiger charge is 2.39. The molecule has 2 rings (SSSR count). The van der Waals surface area contributed by atoms with Gasteiger partial charge in [-0.05, 0) is 33.1 Å². The molecule has 0 aromatic carbocycles. The zero-order valence-corrected chi connectivity index (χ0v) is 17.6. The Hall–Kier alpha value is -0.600.